The standard InChI is InChI=1S/C10H10N4O2S/c11-9-10(14-16-13-9)12-8(15)6-17-7-4-2-1-3-5-7/h1-5H,6H2,(H2,11,13)(H,12,14,15). The van der Waals surface area contributed by atoms with E-state index in [2.05, 4.69) is 20.3 Å². The molecule has 1 aromatic carbocycles. The molecule has 0 fully saturated rings. The summed E-state index contributed by atoms with van der Waals surface area (Å²) in [5, 5.41) is 9.32. The van der Waals surface area contributed by atoms with Gasteiger partial charge in [-0.3, -0.25) is 4.79 Å². The van der Waals surface area contributed by atoms with Crippen molar-refractivity contribution in [1.82, 2.24) is 10.3 Å². The minimum absolute atomic E-state index is 0.0723. The van der Waals surface area contributed by atoms with Crippen LogP contribution in [0.3, 0.4) is 0 Å². The molecule has 3 N–H and O–H groups in total. The van der Waals surface area contributed by atoms with E-state index in [9.17, 15) is 4.79 Å². The highest BCUT2D eigenvalue weighted by molar-refractivity contribution is 8.00. The number of nitrogen functional groups attached to an aromatic ring is 1. The van der Waals surface area contributed by atoms with Crippen molar-refractivity contribution in [3.63, 3.8) is 0 Å². The van der Waals surface area contributed by atoms with E-state index in [1.165, 1.54) is 11.8 Å². The summed E-state index contributed by atoms with van der Waals surface area (Å²) in [6.45, 7) is 0. The van der Waals surface area contributed by atoms with Crippen LogP contribution in [-0.4, -0.2) is 22.0 Å². The van der Waals surface area contributed by atoms with Gasteiger partial charge in [0.2, 0.25) is 17.5 Å². The summed E-state index contributed by atoms with van der Waals surface area (Å²) in [4.78, 5) is 12.6. The number of thioether (sulfide) groups is 1. The lowest BCUT2D eigenvalue weighted by Crippen LogP contribution is -2.15. The van der Waals surface area contributed by atoms with Crippen molar-refractivity contribution in [2.45, 2.75) is 4.90 Å². The van der Waals surface area contributed by atoms with E-state index in [0.29, 0.717) is 0 Å². The number of nitrogens with two attached hydrogens (primary N) is 1. The number of anilines is 2. The zero-order valence-electron chi connectivity index (χ0n) is 8.79. The number of hydrogen-bond acceptors (Lipinski definition) is 6. The van der Waals surface area contributed by atoms with Gasteiger partial charge in [-0.25, -0.2) is 4.63 Å². The van der Waals surface area contributed by atoms with Crippen LogP contribution < -0.4 is 11.1 Å². The van der Waals surface area contributed by atoms with Crippen LogP contribution in [0.2, 0.25) is 0 Å². The lowest BCUT2D eigenvalue weighted by atomic mass is 10.4. The van der Waals surface area contributed by atoms with Crippen molar-refractivity contribution in [2.24, 2.45) is 0 Å². The van der Waals surface area contributed by atoms with Gasteiger partial charge in [-0.1, -0.05) is 18.2 Å². The molecule has 0 aliphatic rings. The van der Waals surface area contributed by atoms with Gasteiger partial charge in [-0.2, -0.15) is 0 Å². The summed E-state index contributed by atoms with van der Waals surface area (Å²) in [7, 11) is 0. The van der Waals surface area contributed by atoms with Gasteiger partial charge >= 0.3 is 0 Å². The first-order valence-corrected chi connectivity index (χ1v) is 5.80. The van der Waals surface area contributed by atoms with Crippen molar-refractivity contribution in [3.8, 4) is 0 Å². The van der Waals surface area contributed by atoms with E-state index < -0.39 is 0 Å². The normalized spacial score (nSPS) is 10.1. The summed E-state index contributed by atoms with van der Waals surface area (Å²) >= 11 is 1.42. The van der Waals surface area contributed by atoms with Crippen molar-refractivity contribution in [1.29, 1.82) is 0 Å². The average Bonchev–Trinajstić information content (AvgIpc) is 2.74. The number of benzene rings is 1. The molecule has 0 bridgehead atoms. The van der Waals surface area contributed by atoms with Gasteiger partial charge in [0, 0.05) is 4.90 Å². The smallest absolute Gasteiger partial charge is 0.236 e. The fraction of sp³-hybridized carbons (Fsp3) is 0.100. The topological polar surface area (TPSA) is 94.0 Å². The van der Waals surface area contributed by atoms with Crippen molar-refractivity contribution in [3.05, 3.63) is 30.3 Å². The van der Waals surface area contributed by atoms with Crippen LogP contribution in [0.25, 0.3) is 0 Å². The maximum atomic E-state index is 11.5. The lowest BCUT2D eigenvalue weighted by molar-refractivity contribution is -0.113. The number of carbonyl (C=O) groups is 1. The molecule has 1 aromatic heterocycles. The number of hydrogen-bond donors (Lipinski definition) is 2. The van der Waals surface area contributed by atoms with Crippen molar-refractivity contribution in [2.75, 3.05) is 16.8 Å². The highest BCUT2D eigenvalue weighted by Crippen LogP contribution is 2.17. The maximum Gasteiger partial charge on any atom is 0.236 e. The van der Waals surface area contributed by atoms with Gasteiger partial charge in [-0.05, 0) is 22.4 Å². The summed E-state index contributed by atoms with van der Waals surface area (Å²) in [6, 6.07) is 9.62. The highest BCUT2D eigenvalue weighted by atomic mass is 32.2. The Morgan fingerprint density at radius 1 is 1.35 bits per heavy atom. The van der Waals surface area contributed by atoms with Gasteiger partial charge in [0.15, 0.2) is 0 Å². The Kier molecular flexibility index (Phi) is 3.61. The maximum absolute atomic E-state index is 11.5. The molecular weight excluding hydrogens is 240 g/mol. The predicted octanol–water partition coefficient (Wildman–Crippen LogP) is 1.38. The molecule has 7 heteroatoms. The van der Waals surface area contributed by atoms with Crippen LogP contribution in [-0.2, 0) is 4.79 Å². The Morgan fingerprint density at radius 3 is 2.76 bits per heavy atom. The van der Waals surface area contributed by atoms with Crippen LogP contribution in [0.4, 0.5) is 11.6 Å². The Morgan fingerprint density at radius 2 is 2.12 bits per heavy atom. The van der Waals surface area contributed by atoms with Crippen LogP contribution >= 0.6 is 11.8 Å². The van der Waals surface area contributed by atoms with Gasteiger partial charge in [0.25, 0.3) is 0 Å². The molecule has 0 aliphatic heterocycles. The Balaban J connectivity index is 1.85. The largest absolute Gasteiger partial charge is 0.378 e. The van der Waals surface area contributed by atoms with Gasteiger partial charge in [0.05, 0.1) is 5.75 Å². The first-order chi connectivity index (χ1) is 8.25. The predicted molar refractivity (Wildman–Crippen MR) is 64.5 cm³/mol. The Bertz CT molecular complexity index is 500. The molecule has 2 rings (SSSR count). The van der Waals surface area contributed by atoms with Crippen molar-refractivity contribution >= 4 is 29.3 Å². The van der Waals surface area contributed by atoms with Crippen LogP contribution in [0.5, 0.6) is 0 Å². The first-order valence-electron chi connectivity index (χ1n) is 4.81. The monoisotopic (exact) mass is 250 g/mol. The van der Waals surface area contributed by atoms with E-state index in [4.69, 9.17) is 5.73 Å². The molecule has 0 spiro atoms. The molecule has 0 aliphatic carbocycles. The minimum atomic E-state index is -0.207. The van der Waals surface area contributed by atoms with Crippen molar-refractivity contribution < 1.29 is 9.42 Å². The fourth-order valence-electron chi connectivity index (χ4n) is 1.12. The highest BCUT2D eigenvalue weighted by Gasteiger charge is 2.10. The van der Waals surface area contributed by atoms with E-state index in [-0.39, 0.29) is 23.3 Å². The molecule has 88 valence electrons. The Labute approximate surface area is 102 Å². The average molecular weight is 250 g/mol. The van der Waals surface area contributed by atoms with Crippen LogP contribution in [0.1, 0.15) is 0 Å². The van der Waals surface area contributed by atoms with Gasteiger partial charge in [0.1, 0.15) is 0 Å². The van der Waals surface area contributed by atoms with Gasteiger partial charge in [-0.15, -0.1) is 11.8 Å². The second kappa shape index (κ2) is 5.35. The number of carbonyl (C=O) groups excluding carboxylic acids is 1. The third-order valence-corrected chi connectivity index (χ3v) is 2.90. The molecule has 0 unspecified atom stereocenters. The summed E-state index contributed by atoms with van der Waals surface area (Å²) in [6.07, 6.45) is 0. The van der Waals surface area contributed by atoms with Crippen LogP contribution in [0.15, 0.2) is 39.9 Å². The van der Waals surface area contributed by atoms with E-state index in [1.54, 1.807) is 0 Å². The molecule has 1 heterocycles. The SMILES string of the molecule is Nc1nonc1NC(=O)CSc1ccccc1. The second-order valence-corrected chi connectivity index (χ2v) is 4.20. The van der Waals surface area contributed by atoms with Gasteiger partial charge < -0.3 is 11.1 Å². The molecule has 0 atom stereocenters. The number of rotatable bonds is 4. The first kappa shape index (κ1) is 11.5. The third-order valence-electron chi connectivity index (χ3n) is 1.88. The molecular formula is C10H10N4O2S. The quantitative estimate of drug-likeness (QED) is 0.796. The molecule has 0 saturated heterocycles. The number of nitrogens with one attached hydrogen (secondary N) is 1. The zero-order valence-corrected chi connectivity index (χ0v) is 9.61. The Hall–Kier alpha value is -2.02. The fourth-order valence-corrected chi connectivity index (χ4v) is 1.84. The number of amides is 1. The molecule has 0 radical (unpaired) electrons. The summed E-state index contributed by atoms with van der Waals surface area (Å²) in [5.41, 5.74) is 5.41. The molecule has 2 aromatic rings. The minimum Gasteiger partial charge on any atom is -0.378 e. The second-order valence-electron chi connectivity index (χ2n) is 3.15. The van der Waals surface area contributed by atoms with E-state index >= 15 is 0 Å². The summed E-state index contributed by atoms with van der Waals surface area (Å²) in [5.74, 6) is 0.295. The molecule has 17 heavy (non-hydrogen) atoms. The molecule has 6 nitrogen and oxygen atoms in total. The number of aromatic nitrogens is 2. The lowest BCUT2D eigenvalue weighted by Gasteiger charge is -2.01. The molecule has 1 amide bonds. The van der Waals surface area contributed by atoms with E-state index in [0.717, 1.165) is 4.90 Å². The summed E-state index contributed by atoms with van der Waals surface area (Å²) < 4.78 is 4.36. The molecule has 0 saturated carbocycles. The third kappa shape index (κ3) is 3.22. The van der Waals surface area contributed by atoms with Crippen LogP contribution in [0, 0.1) is 0 Å². The number of nitrogens with zero attached hydrogens (tertiary/aromatic N) is 2. The zero-order chi connectivity index (χ0) is 12.1. The van der Waals surface area contributed by atoms with E-state index in [1.807, 2.05) is 30.3 Å².